The van der Waals surface area contributed by atoms with Crippen molar-refractivity contribution in [2.24, 2.45) is 0 Å². The summed E-state index contributed by atoms with van der Waals surface area (Å²) in [7, 11) is 0. The maximum absolute atomic E-state index is 10.4. The molecule has 0 rings (SSSR count). The van der Waals surface area contributed by atoms with Crippen LogP contribution in [0.3, 0.4) is 0 Å². The Morgan fingerprint density at radius 3 is 1.88 bits per heavy atom. The van der Waals surface area contributed by atoms with Gasteiger partial charge in [-0.05, 0) is 24.1 Å². The average molecular weight is 335 g/mol. The molecule has 1 unspecified atom stereocenters. The molecule has 0 bridgehead atoms. The van der Waals surface area contributed by atoms with Gasteiger partial charge in [-0.2, -0.15) is 0 Å². The Labute approximate surface area is 111 Å². The van der Waals surface area contributed by atoms with Gasteiger partial charge in [0.15, 0.2) is 0 Å². The quantitative estimate of drug-likeness (QED) is 0.323. The summed E-state index contributed by atoms with van der Waals surface area (Å²) in [6.45, 7) is -3.81. The second kappa shape index (κ2) is 11.0. The summed E-state index contributed by atoms with van der Waals surface area (Å²) in [5, 5.41) is 1.10. The maximum Gasteiger partial charge on any atom is 0.225 e. The van der Waals surface area contributed by atoms with Crippen LogP contribution in [-0.2, 0) is 9.09 Å². The topological polar surface area (TPSA) is 49.4 Å². The SMILES string of the molecule is O=P([O-])(Cl)OCCCCCCCCCCBr. The lowest BCUT2D eigenvalue weighted by Gasteiger charge is -2.14. The van der Waals surface area contributed by atoms with E-state index in [1.165, 1.54) is 32.1 Å². The van der Waals surface area contributed by atoms with E-state index in [-0.39, 0.29) is 6.61 Å². The number of alkyl halides is 1. The molecule has 0 fully saturated rings. The predicted molar refractivity (Wildman–Crippen MR) is 70.1 cm³/mol. The van der Waals surface area contributed by atoms with E-state index in [9.17, 15) is 9.46 Å². The molecule has 0 radical (unpaired) electrons. The van der Waals surface area contributed by atoms with Crippen LogP contribution in [0.25, 0.3) is 0 Å². The van der Waals surface area contributed by atoms with Gasteiger partial charge < -0.3 is 9.42 Å². The molecular weight excluding hydrogens is 314 g/mol. The molecule has 0 aromatic carbocycles. The Kier molecular flexibility index (Phi) is 11.7. The summed E-state index contributed by atoms with van der Waals surface area (Å²) in [5.74, 6) is 0. The second-order valence-corrected chi connectivity index (χ2v) is 6.94. The lowest BCUT2D eigenvalue weighted by molar-refractivity contribution is -0.190. The number of unbranched alkanes of at least 4 members (excludes halogenated alkanes) is 7. The Bertz CT molecular complexity index is 199. The first-order valence-corrected chi connectivity index (χ1v) is 9.34. The van der Waals surface area contributed by atoms with Crippen LogP contribution in [0.1, 0.15) is 51.4 Å². The zero-order chi connectivity index (χ0) is 12.3. The third-order valence-electron chi connectivity index (χ3n) is 2.27. The van der Waals surface area contributed by atoms with Crippen LogP contribution >= 0.6 is 34.1 Å². The van der Waals surface area contributed by atoms with Gasteiger partial charge in [0.25, 0.3) is 0 Å². The Balaban J connectivity index is 3.02. The van der Waals surface area contributed by atoms with E-state index in [1.54, 1.807) is 0 Å². The summed E-state index contributed by atoms with van der Waals surface area (Å²) in [6.07, 6.45) is 9.24. The van der Waals surface area contributed by atoms with Crippen LogP contribution < -0.4 is 4.89 Å². The third-order valence-corrected chi connectivity index (χ3v) is 3.62. The minimum Gasteiger partial charge on any atom is -0.766 e. The van der Waals surface area contributed by atoms with E-state index in [1.807, 2.05) is 0 Å². The molecule has 6 heteroatoms. The van der Waals surface area contributed by atoms with E-state index < -0.39 is 6.95 Å². The summed E-state index contributed by atoms with van der Waals surface area (Å²) >= 11 is 8.32. The van der Waals surface area contributed by atoms with Crippen molar-refractivity contribution in [3.05, 3.63) is 0 Å². The highest BCUT2D eigenvalue weighted by Gasteiger charge is 2.00. The van der Waals surface area contributed by atoms with Crippen LogP contribution in [-0.4, -0.2) is 11.9 Å². The van der Waals surface area contributed by atoms with Crippen molar-refractivity contribution >= 4 is 34.1 Å². The second-order valence-electron chi connectivity index (χ2n) is 3.78. The van der Waals surface area contributed by atoms with Crippen LogP contribution in [0.5, 0.6) is 0 Å². The van der Waals surface area contributed by atoms with E-state index >= 15 is 0 Å². The number of halogens is 2. The van der Waals surface area contributed by atoms with Gasteiger partial charge in [-0.3, -0.25) is 4.57 Å². The molecule has 0 aromatic rings. The minimum absolute atomic E-state index is 0.216. The highest BCUT2D eigenvalue weighted by molar-refractivity contribution is 9.09. The Hall–Kier alpha value is 0.920. The Morgan fingerprint density at radius 1 is 1.00 bits per heavy atom. The molecule has 1 atom stereocenters. The average Bonchev–Trinajstić information content (AvgIpc) is 2.19. The zero-order valence-electron chi connectivity index (χ0n) is 9.50. The summed E-state index contributed by atoms with van der Waals surface area (Å²) in [6, 6.07) is 0. The minimum atomic E-state index is -4.02. The van der Waals surface area contributed by atoms with Gasteiger partial charge in [0, 0.05) is 5.33 Å². The molecule has 0 amide bonds. The van der Waals surface area contributed by atoms with Crippen molar-refractivity contribution < 1.29 is 14.0 Å². The van der Waals surface area contributed by atoms with Crippen molar-refractivity contribution in [1.82, 2.24) is 0 Å². The highest BCUT2D eigenvalue weighted by Crippen LogP contribution is 2.42. The van der Waals surface area contributed by atoms with Crippen molar-refractivity contribution in [3.8, 4) is 0 Å². The molecule has 0 N–H and O–H groups in total. The van der Waals surface area contributed by atoms with Gasteiger partial charge in [0.05, 0.1) is 6.61 Å². The lowest BCUT2D eigenvalue weighted by Crippen LogP contribution is -1.99. The van der Waals surface area contributed by atoms with Gasteiger partial charge in [0.1, 0.15) is 0 Å². The third kappa shape index (κ3) is 14.9. The molecule has 0 aliphatic heterocycles. The molecule has 0 aromatic heterocycles. The number of rotatable bonds is 11. The van der Waals surface area contributed by atoms with E-state index in [2.05, 4.69) is 20.5 Å². The van der Waals surface area contributed by atoms with Crippen LogP contribution in [0.15, 0.2) is 0 Å². The smallest absolute Gasteiger partial charge is 0.225 e. The van der Waals surface area contributed by atoms with Crippen molar-refractivity contribution in [1.29, 1.82) is 0 Å². The molecule has 16 heavy (non-hydrogen) atoms. The van der Waals surface area contributed by atoms with Gasteiger partial charge in [-0.15, -0.1) is 0 Å². The van der Waals surface area contributed by atoms with Crippen molar-refractivity contribution in [2.45, 2.75) is 51.4 Å². The Morgan fingerprint density at radius 2 is 1.44 bits per heavy atom. The fraction of sp³-hybridized carbons (Fsp3) is 1.00. The molecule has 0 saturated carbocycles. The molecule has 0 aliphatic carbocycles. The first-order valence-electron chi connectivity index (χ1n) is 5.77. The van der Waals surface area contributed by atoms with E-state index in [0.29, 0.717) is 0 Å². The molecular formula is C10H20BrClO3P-. The first-order chi connectivity index (χ1) is 7.56. The van der Waals surface area contributed by atoms with E-state index in [0.717, 1.165) is 24.6 Å². The van der Waals surface area contributed by atoms with Gasteiger partial charge in [-0.25, -0.2) is 0 Å². The molecule has 0 saturated heterocycles. The molecule has 0 heterocycles. The highest BCUT2D eigenvalue weighted by atomic mass is 79.9. The monoisotopic (exact) mass is 333 g/mol. The van der Waals surface area contributed by atoms with Crippen LogP contribution in [0, 0.1) is 0 Å². The van der Waals surface area contributed by atoms with Crippen LogP contribution in [0.4, 0.5) is 0 Å². The van der Waals surface area contributed by atoms with Gasteiger partial charge in [0.2, 0.25) is 6.95 Å². The fourth-order valence-corrected chi connectivity index (χ4v) is 2.38. The lowest BCUT2D eigenvalue weighted by atomic mass is 10.1. The van der Waals surface area contributed by atoms with Gasteiger partial charge >= 0.3 is 0 Å². The molecule has 98 valence electrons. The maximum atomic E-state index is 10.4. The number of hydrogen-bond acceptors (Lipinski definition) is 3. The molecule has 0 aliphatic rings. The molecule has 0 spiro atoms. The standard InChI is InChI=1S/C10H21BrClO3P/c11-9-7-5-3-1-2-4-6-8-10-15-16(12,13)14/h1-10H2,(H,13,14)/p-1. The van der Waals surface area contributed by atoms with Crippen LogP contribution in [0.2, 0.25) is 0 Å². The van der Waals surface area contributed by atoms with Crippen molar-refractivity contribution in [2.75, 3.05) is 11.9 Å². The largest absolute Gasteiger partial charge is 0.766 e. The van der Waals surface area contributed by atoms with E-state index in [4.69, 9.17) is 11.2 Å². The van der Waals surface area contributed by atoms with Gasteiger partial charge in [-0.1, -0.05) is 54.5 Å². The first kappa shape index (κ1) is 16.9. The zero-order valence-corrected chi connectivity index (χ0v) is 12.7. The van der Waals surface area contributed by atoms with Crippen molar-refractivity contribution in [3.63, 3.8) is 0 Å². The summed E-state index contributed by atoms with van der Waals surface area (Å²) in [5.41, 5.74) is 0. The summed E-state index contributed by atoms with van der Waals surface area (Å²) < 4.78 is 14.9. The predicted octanol–water partition coefficient (Wildman–Crippen LogP) is 4.23. The normalized spacial score (nSPS) is 14.9. The molecule has 3 nitrogen and oxygen atoms in total. The summed E-state index contributed by atoms with van der Waals surface area (Å²) in [4.78, 5) is 10.4. The number of hydrogen-bond donors (Lipinski definition) is 0. The fourth-order valence-electron chi connectivity index (χ4n) is 1.43.